The average molecular weight is 271 g/mol. The highest BCUT2D eigenvalue weighted by atomic mass is 16.5. The third-order valence-corrected chi connectivity index (χ3v) is 3.91. The molecule has 0 aliphatic carbocycles. The summed E-state index contributed by atoms with van der Waals surface area (Å²) in [5.74, 6) is -0.0652. The molecule has 1 saturated heterocycles. The maximum absolute atomic E-state index is 10.9. The van der Waals surface area contributed by atoms with Gasteiger partial charge >= 0.3 is 5.97 Å². The highest BCUT2D eigenvalue weighted by Crippen LogP contribution is 2.31. The summed E-state index contributed by atoms with van der Waals surface area (Å²) < 4.78 is 5.45. The molecule has 0 saturated carbocycles. The summed E-state index contributed by atoms with van der Waals surface area (Å²) in [7, 11) is 1.67. The number of ether oxygens (including phenoxy) is 1. The van der Waals surface area contributed by atoms with Gasteiger partial charge in [-0.1, -0.05) is 30.3 Å². The highest BCUT2D eigenvalue weighted by Gasteiger charge is 2.32. The monoisotopic (exact) mass is 271 g/mol. The van der Waals surface area contributed by atoms with E-state index in [1.165, 1.54) is 10.8 Å². The molecule has 2 aromatic rings. The number of fused-ring (bicyclic) bond motifs is 1. The second-order valence-electron chi connectivity index (χ2n) is 5.20. The second-order valence-corrected chi connectivity index (χ2v) is 5.20. The van der Waals surface area contributed by atoms with Crippen LogP contribution in [0, 0.1) is 5.92 Å². The molecule has 20 heavy (non-hydrogen) atoms. The van der Waals surface area contributed by atoms with Gasteiger partial charge in [-0.15, -0.1) is 0 Å². The fourth-order valence-electron chi connectivity index (χ4n) is 2.75. The molecule has 0 radical (unpaired) electrons. The first-order valence-electron chi connectivity index (χ1n) is 6.69. The van der Waals surface area contributed by atoms with Gasteiger partial charge < -0.3 is 9.84 Å². The maximum Gasteiger partial charge on any atom is 0.309 e. The van der Waals surface area contributed by atoms with Crippen molar-refractivity contribution in [1.82, 2.24) is 4.90 Å². The van der Waals surface area contributed by atoms with Gasteiger partial charge in [0, 0.05) is 25.2 Å². The molecule has 0 atom stereocenters. The number of nitrogens with zero attached hydrogens (tertiary/aromatic N) is 1. The Bertz CT molecular complexity index is 647. The number of methoxy groups -OCH3 is 1. The second kappa shape index (κ2) is 5.13. The average Bonchev–Trinajstić information content (AvgIpc) is 2.41. The predicted molar refractivity (Wildman–Crippen MR) is 76.9 cm³/mol. The Labute approximate surface area is 117 Å². The first kappa shape index (κ1) is 12.9. The number of carboxylic acids is 1. The summed E-state index contributed by atoms with van der Waals surface area (Å²) in [6.45, 7) is 1.96. The van der Waals surface area contributed by atoms with Crippen molar-refractivity contribution in [3.63, 3.8) is 0 Å². The molecule has 0 amide bonds. The standard InChI is InChI=1S/C16H17NO3/c1-20-15-7-6-11-4-2-3-5-13(11)14(15)10-17-8-12(9-17)16(18)19/h2-7,12H,8-10H2,1H3,(H,18,19). The van der Waals surface area contributed by atoms with Gasteiger partial charge in [0.05, 0.1) is 13.0 Å². The number of hydrogen-bond donors (Lipinski definition) is 1. The molecule has 0 bridgehead atoms. The lowest BCUT2D eigenvalue weighted by molar-refractivity contribution is -0.147. The molecule has 4 nitrogen and oxygen atoms in total. The minimum atomic E-state index is -0.703. The van der Waals surface area contributed by atoms with Crippen LogP contribution in [0.3, 0.4) is 0 Å². The zero-order valence-electron chi connectivity index (χ0n) is 11.4. The van der Waals surface area contributed by atoms with Gasteiger partial charge in [-0.25, -0.2) is 0 Å². The van der Waals surface area contributed by atoms with Gasteiger partial charge in [0.1, 0.15) is 5.75 Å². The van der Waals surface area contributed by atoms with Crippen LogP contribution in [0.15, 0.2) is 36.4 Å². The van der Waals surface area contributed by atoms with Crippen molar-refractivity contribution in [1.29, 1.82) is 0 Å². The zero-order valence-corrected chi connectivity index (χ0v) is 11.4. The first-order valence-corrected chi connectivity index (χ1v) is 6.69. The third kappa shape index (κ3) is 2.23. The van der Waals surface area contributed by atoms with E-state index in [2.05, 4.69) is 17.0 Å². The quantitative estimate of drug-likeness (QED) is 0.927. The summed E-state index contributed by atoms with van der Waals surface area (Å²) in [5.41, 5.74) is 1.13. The molecule has 0 spiro atoms. The van der Waals surface area contributed by atoms with Crippen molar-refractivity contribution >= 4 is 16.7 Å². The highest BCUT2D eigenvalue weighted by molar-refractivity contribution is 5.87. The van der Waals surface area contributed by atoms with Gasteiger partial charge in [-0.2, -0.15) is 0 Å². The van der Waals surface area contributed by atoms with Crippen molar-refractivity contribution in [2.24, 2.45) is 5.92 Å². The lowest BCUT2D eigenvalue weighted by atomic mass is 9.97. The van der Waals surface area contributed by atoms with Crippen molar-refractivity contribution < 1.29 is 14.6 Å². The lowest BCUT2D eigenvalue weighted by Gasteiger charge is -2.37. The molecule has 0 unspecified atom stereocenters. The summed E-state index contributed by atoms with van der Waals surface area (Å²) in [4.78, 5) is 13.0. The largest absolute Gasteiger partial charge is 0.496 e. The summed E-state index contributed by atoms with van der Waals surface area (Å²) >= 11 is 0. The van der Waals surface area contributed by atoms with Crippen molar-refractivity contribution in [3.8, 4) is 5.75 Å². The normalized spacial score (nSPS) is 16.1. The Kier molecular flexibility index (Phi) is 3.32. The molecular formula is C16H17NO3. The van der Waals surface area contributed by atoms with E-state index in [9.17, 15) is 4.79 Å². The first-order chi connectivity index (χ1) is 9.69. The topological polar surface area (TPSA) is 49.8 Å². The Hall–Kier alpha value is -2.07. The Morgan fingerprint density at radius 2 is 2.05 bits per heavy atom. The van der Waals surface area contributed by atoms with Gasteiger partial charge in [-0.3, -0.25) is 9.69 Å². The van der Waals surface area contributed by atoms with E-state index in [1.807, 2.05) is 24.3 Å². The number of carbonyl (C=O) groups is 1. The van der Waals surface area contributed by atoms with Crippen LogP contribution in [0.4, 0.5) is 0 Å². The molecule has 4 heteroatoms. The summed E-state index contributed by atoms with van der Waals surface area (Å²) in [6, 6.07) is 12.2. The number of likely N-dealkylation sites (tertiary alicyclic amines) is 1. The third-order valence-electron chi connectivity index (χ3n) is 3.91. The molecule has 1 aliphatic heterocycles. The minimum Gasteiger partial charge on any atom is -0.496 e. The number of carboxylic acid groups (broad SMARTS) is 1. The van der Waals surface area contributed by atoms with Gasteiger partial charge in [-0.05, 0) is 16.8 Å². The number of aliphatic carboxylic acids is 1. The Morgan fingerprint density at radius 1 is 1.30 bits per heavy atom. The fraction of sp³-hybridized carbons (Fsp3) is 0.312. The van der Waals surface area contributed by atoms with E-state index in [4.69, 9.17) is 9.84 Å². The lowest BCUT2D eigenvalue weighted by Crippen LogP contribution is -2.49. The van der Waals surface area contributed by atoms with Crippen molar-refractivity contribution in [2.75, 3.05) is 20.2 Å². The van der Waals surface area contributed by atoms with Crippen LogP contribution in [0.2, 0.25) is 0 Å². The molecule has 1 N–H and O–H groups in total. The molecule has 2 aromatic carbocycles. The van der Waals surface area contributed by atoms with E-state index in [1.54, 1.807) is 7.11 Å². The van der Waals surface area contributed by atoms with Crippen LogP contribution in [0.5, 0.6) is 5.75 Å². The predicted octanol–water partition coefficient (Wildman–Crippen LogP) is 2.36. The summed E-state index contributed by atoms with van der Waals surface area (Å²) in [5, 5.41) is 11.3. The van der Waals surface area contributed by atoms with Crippen LogP contribution < -0.4 is 4.74 Å². The Morgan fingerprint density at radius 3 is 2.75 bits per heavy atom. The van der Waals surface area contributed by atoms with Gasteiger partial charge in [0.25, 0.3) is 0 Å². The van der Waals surface area contributed by atoms with Crippen LogP contribution in [-0.4, -0.2) is 36.2 Å². The molecular weight excluding hydrogens is 254 g/mol. The van der Waals surface area contributed by atoms with E-state index in [0.29, 0.717) is 13.1 Å². The van der Waals surface area contributed by atoms with Gasteiger partial charge in [0.15, 0.2) is 0 Å². The van der Waals surface area contributed by atoms with Crippen LogP contribution in [0.1, 0.15) is 5.56 Å². The molecule has 1 fully saturated rings. The van der Waals surface area contributed by atoms with E-state index >= 15 is 0 Å². The van der Waals surface area contributed by atoms with E-state index < -0.39 is 5.97 Å². The molecule has 0 aromatic heterocycles. The van der Waals surface area contributed by atoms with Crippen molar-refractivity contribution in [2.45, 2.75) is 6.54 Å². The zero-order chi connectivity index (χ0) is 14.1. The number of rotatable bonds is 4. The smallest absolute Gasteiger partial charge is 0.309 e. The molecule has 1 heterocycles. The molecule has 1 aliphatic rings. The van der Waals surface area contributed by atoms with Crippen LogP contribution >= 0.6 is 0 Å². The fourth-order valence-corrected chi connectivity index (χ4v) is 2.75. The minimum absolute atomic E-state index is 0.226. The number of benzene rings is 2. The molecule has 104 valence electrons. The van der Waals surface area contributed by atoms with Crippen LogP contribution in [-0.2, 0) is 11.3 Å². The maximum atomic E-state index is 10.9. The Balaban J connectivity index is 1.88. The van der Waals surface area contributed by atoms with Crippen LogP contribution in [0.25, 0.3) is 10.8 Å². The SMILES string of the molecule is COc1ccc2ccccc2c1CN1CC(C(=O)O)C1. The summed E-state index contributed by atoms with van der Waals surface area (Å²) in [6.07, 6.45) is 0. The van der Waals surface area contributed by atoms with E-state index in [-0.39, 0.29) is 5.92 Å². The van der Waals surface area contributed by atoms with Crippen molar-refractivity contribution in [3.05, 3.63) is 42.0 Å². The number of hydrogen-bond acceptors (Lipinski definition) is 3. The van der Waals surface area contributed by atoms with Gasteiger partial charge in [0.2, 0.25) is 0 Å². The van der Waals surface area contributed by atoms with E-state index in [0.717, 1.165) is 17.9 Å². The molecule has 3 rings (SSSR count).